The molecule has 5 nitrogen and oxygen atoms in total. The molecule has 51 heavy (non-hydrogen) atoms. The average molecular weight is 654 g/mol. The average Bonchev–Trinajstić information content (AvgIpc) is 3.71. The van der Waals surface area contributed by atoms with Crippen LogP contribution in [0, 0.1) is 6.92 Å². The van der Waals surface area contributed by atoms with Gasteiger partial charge in [-0.3, -0.25) is 0 Å². The fourth-order valence-corrected chi connectivity index (χ4v) is 7.60. The zero-order valence-electron chi connectivity index (χ0n) is 27.9. The third-order valence-electron chi connectivity index (χ3n) is 9.87. The van der Waals surface area contributed by atoms with Gasteiger partial charge in [0.25, 0.3) is 0 Å². The van der Waals surface area contributed by atoms with E-state index in [0.29, 0.717) is 17.5 Å². The Labute approximate surface area is 294 Å². The Kier molecular flexibility index (Phi) is 6.64. The fraction of sp³-hybridized carbons (Fsp3) is 0.0217. The number of hydrogen-bond donors (Lipinski definition) is 0. The van der Waals surface area contributed by atoms with E-state index in [1.54, 1.807) is 0 Å². The summed E-state index contributed by atoms with van der Waals surface area (Å²) in [7, 11) is 0. The Morgan fingerprint density at radius 1 is 0.353 bits per heavy atom. The van der Waals surface area contributed by atoms with Crippen LogP contribution in [0.5, 0.6) is 0 Å². The molecule has 0 aliphatic rings. The summed E-state index contributed by atoms with van der Waals surface area (Å²) in [5, 5.41) is 4.97. The maximum Gasteiger partial charge on any atom is 0.163 e. The molecule has 7 aromatic carbocycles. The van der Waals surface area contributed by atoms with Crippen LogP contribution in [0.2, 0.25) is 0 Å². The zero-order valence-corrected chi connectivity index (χ0v) is 27.9. The number of fused-ring (bicyclic) bond motifs is 6. The van der Waals surface area contributed by atoms with Crippen LogP contribution in [-0.2, 0) is 0 Å². The summed E-state index contributed by atoms with van der Waals surface area (Å²) in [5.41, 5.74) is 11.3. The largest absolute Gasteiger partial charge is 0.309 e. The van der Waals surface area contributed by atoms with Crippen LogP contribution in [0.1, 0.15) is 5.82 Å². The zero-order chi connectivity index (χ0) is 33.9. The number of aryl methyl sites for hydroxylation is 1. The molecule has 0 aliphatic heterocycles. The number of aromatic nitrogens is 5. The van der Waals surface area contributed by atoms with E-state index < -0.39 is 0 Å². The molecule has 0 saturated carbocycles. The molecule has 0 bridgehead atoms. The standard InChI is InChI=1S/C46H31N5/c1-30-47-45(32-12-3-2-4-13-32)49-46(48-30)33-24-28-35(29-25-33)51-43-21-10-7-16-39(43)40-18-11-17-36(44(40)51)31-22-26-34(27-23-31)50-41-19-8-5-14-37(41)38-15-6-9-20-42(38)50/h2-29H,1H3. The van der Waals surface area contributed by atoms with Gasteiger partial charge in [0.2, 0.25) is 0 Å². The lowest BCUT2D eigenvalue weighted by atomic mass is 10.0. The lowest BCUT2D eigenvalue weighted by Crippen LogP contribution is -2.00. The van der Waals surface area contributed by atoms with Crippen molar-refractivity contribution in [2.24, 2.45) is 0 Å². The van der Waals surface area contributed by atoms with Gasteiger partial charge in [-0.05, 0) is 67.1 Å². The molecule has 0 unspecified atom stereocenters. The predicted octanol–water partition coefficient (Wildman–Crippen LogP) is 11.4. The van der Waals surface area contributed by atoms with Gasteiger partial charge in [-0.2, -0.15) is 0 Å². The van der Waals surface area contributed by atoms with Crippen molar-refractivity contribution in [2.75, 3.05) is 0 Å². The van der Waals surface area contributed by atoms with E-state index in [1.807, 2.05) is 37.3 Å². The van der Waals surface area contributed by atoms with Gasteiger partial charge in [-0.15, -0.1) is 0 Å². The van der Waals surface area contributed by atoms with Crippen molar-refractivity contribution in [1.82, 2.24) is 24.1 Å². The van der Waals surface area contributed by atoms with E-state index in [-0.39, 0.29) is 0 Å². The highest BCUT2D eigenvalue weighted by Gasteiger charge is 2.18. The number of para-hydroxylation sites is 4. The highest BCUT2D eigenvalue weighted by atomic mass is 15.0. The summed E-state index contributed by atoms with van der Waals surface area (Å²) >= 11 is 0. The normalized spacial score (nSPS) is 11.6. The second-order valence-electron chi connectivity index (χ2n) is 12.9. The van der Waals surface area contributed by atoms with Gasteiger partial charge in [-0.25, -0.2) is 15.0 Å². The third kappa shape index (κ3) is 4.74. The fourth-order valence-electron chi connectivity index (χ4n) is 7.60. The van der Waals surface area contributed by atoms with E-state index in [1.165, 1.54) is 49.2 Å². The summed E-state index contributed by atoms with van der Waals surface area (Å²) < 4.78 is 4.75. The maximum atomic E-state index is 4.85. The number of hydrogen-bond acceptors (Lipinski definition) is 3. The van der Waals surface area contributed by atoms with Crippen LogP contribution in [0.4, 0.5) is 0 Å². The topological polar surface area (TPSA) is 48.5 Å². The first-order chi connectivity index (χ1) is 25.2. The Bertz CT molecular complexity index is 2850. The Hall–Kier alpha value is -6.85. The quantitative estimate of drug-likeness (QED) is 0.186. The molecule has 3 heterocycles. The van der Waals surface area contributed by atoms with Crippen molar-refractivity contribution >= 4 is 43.6 Å². The molecule has 0 saturated heterocycles. The summed E-state index contributed by atoms with van der Waals surface area (Å²) in [6.07, 6.45) is 0. The number of nitrogens with zero attached hydrogens (tertiary/aromatic N) is 5. The molecule has 10 rings (SSSR count). The monoisotopic (exact) mass is 653 g/mol. The van der Waals surface area contributed by atoms with Crippen molar-refractivity contribution in [2.45, 2.75) is 6.92 Å². The van der Waals surface area contributed by atoms with Crippen molar-refractivity contribution in [3.05, 3.63) is 176 Å². The van der Waals surface area contributed by atoms with E-state index in [4.69, 9.17) is 9.97 Å². The molecule has 5 heteroatoms. The molecule has 0 radical (unpaired) electrons. The molecule has 0 N–H and O–H groups in total. The third-order valence-corrected chi connectivity index (χ3v) is 9.87. The van der Waals surface area contributed by atoms with Gasteiger partial charge in [0.1, 0.15) is 5.82 Å². The van der Waals surface area contributed by atoms with Crippen LogP contribution in [0.3, 0.4) is 0 Å². The second-order valence-corrected chi connectivity index (χ2v) is 12.9. The molecule has 0 aliphatic carbocycles. The van der Waals surface area contributed by atoms with Gasteiger partial charge in [0.15, 0.2) is 11.6 Å². The highest BCUT2D eigenvalue weighted by Crippen LogP contribution is 2.39. The predicted molar refractivity (Wildman–Crippen MR) is 210 cm³/mol. The second kappa shape index (κ2) is 11.6. The summed E-state index contributed by atoms with van der Waals surface area (Å²) in [4.78, 5) is 14.2. The van der Waals surface area contributed by atoms with Gasteiger partial charge in [0.05, 0.1) is 22.1 Å². The molecule has 0 fully saturated rings. The highest BCUT2D eigenvalue weighted by molar-refractivity contribution is 6.14. The lowest BCUT2D eigenvalue weighted by Gasteiger charge is -2.13. The van der Waals surface area contributed by atoms with Crippen molar-refractivity contribution in [3.63, 3.8) is 0 Å². The Morgan fingerprint density at radius 3 is 1.41 bits per heavy atom. The minimum absolute atomic E-state index is 0.666. The van der Waals surface area contributed by atoms with Crippen LogP contribution in [0.25, 0.3) is 88.9 Å². The Balaban J connectivity index is 1.10. The summed E-state index contributed by atoms with van der Waals surface area (Å²) in [6.45, 7) is 1.92. The van der Waals surface area contributed by atoms with Gasteiger partial charge in [0, 0.05) is 49.6 Å². The van der Waals surface area contributed by atoms with Gasteiger partial charge in [-0.1, -0.05) is 115 Å². The first-order valence-corrected chi connectivity index (χ1v) is 17.2. The smallest absolute Gasteiger partial charge is 0.163 e. The molecule has 0 atom stereocenters. The Morgan fingerprint density at radius 2 is 0.804 bits per heavy atom. The molecule has 10 aromatic rings. The van der Waals surface area contributed by atoms with Crippen molar-refractivity contribution in [3.8, 4) is 45.3 Å². The maximum absolute atomic E-state index is 4.85. The summed E-state index contributed by atoms with van der Waals surface area (Å²) in [5.74, 6) is 2.04. The molecule has 0 spiro atoms. The van der Waals surface area contributed by atoms with Crippen LogP contribution >= 0.6 is 0 Å². The first-order valence-electron chi connectivity index (χ1n) is 17.2. The van der Waals surface area contributed by atoms with E-state index in [9.17, 15) is 0 Å². The number of benzene rings is 7. The number of rotatable bonds is 5. The van der Waals surface area contributed by atoms with Crippen molar-refractivity contribution in [1.29, 1.82) is 0 Å². The molecule has 0 amide bonds. The molecule has 3 aromatic heterocycles. The molecular weight excluding hydrogens is 623 g/mol. The SMILES string of the molecule is Cc1nc(-c2ccccc2)nc(-c2ccc(-n3c4ccccc4c4cccc(-c5ccc(-n6c7ccccc7c7ccccc76)cc5)c43)cc2)n1. The molecular formula is C46H31N5. The van der Waals surface area contributed by atoms with Gasteiger partial charge >= 0.3 is 0 Å². The minimum atomic E-state index is 0.666. The summed E-state index contributed by atoms with van der Waals surface area (Å²) in [6, 6.07) is 60.2. The van der Waals surface area contributed by atoms with Crippen LogP contribution < -0.4 is 0 Å². The van der Waals surface area contributed by atoms with Gasteiger partial charge < -0.3 is 9.13 Å². The lowest BCUT2D eigenvalue weighted by molar-refractivity contribution is 0.991. The van der Waals surface area contributed by atoms with E-state index in [0.717, 1.165) is 28.0 Å². The van der Waals surface area contributed by atoms with Crippen molar-refractivity contribution < 1.29 is 0 Å². The van der Waals surface area contributed by atoms with Crippen LogP contribution in [-0.4, -0.2) is 24.1 Å². The van der Waals surface area contributed by atoms with E-state index >= 15 is 0 Å². The van der Waals surface area contributed by atoms with Crippen LogP contribution in [0.15, 0.2) is 170 Å². The van der Waals surface area contributed by atoms with E-state index in [2.05, 4.69) is 154 Å². The minimum Gasteiger partial charge on any atom is -0.309 e. The molecule has 240 valence electrons. The first kappa shape index (κ1) is 29.1.